The van der Waals surface area contributed by atoms with Crippen LogP contribution in [0.15, 0.2) is 78.9 Å². The van der Waals surface area contributed by atoms with Crippen LogP contribution in [-0.2, 0) is 30.3 Å². The second-order valence-corrected chi connectivity index (χ2v) is 15.2. The van der Waals surface area contributed by atoms with Gasteiger partial charge in [-0.15, -0.1) is 0 Å². The second-order valence-electron chi connectivity index (χ2n) is 15.2. The lowest BCUT2D eigenvalue weighted by atomic mass is 9.93. The number of rotatable bonds is 11. The molecular formula is C43H54N4O5. The normalized spacial score (nSPS) is 18.3. The molecule has 0 saturated carbocycles. The summed E-state index contributed by atoms with van der Waals surface area (Å²) in [5, 5.41) is 4.08. The average molecular weight is 707 g/mol. The highest BCUT2D eigenvalue weighted by Gasteiger charge is 2.39. The van der Waals surface area contributed by atoms with Gasteiger partial charge in [-0.25, -0.2) is 0 Å². The monoisotopic (exact) mass is 706 g/mol. The Morgan fingerprint density at radius 1 is 0.885 bits per heavy atom. The van der Waals surface area contributed by atoms with Crippen molar-refractivity contribution in [1.82, 2.24) is 14.8 Å². The molecule has 276 valence electrons. The number of ketones is 1. The largest absolute Gasteiger partial charge is 0.460 e. The molecule has 2 aliphatic heterocycles. The first kappa shape index (κ1) is 38.5. The number of carbonyl (C=O) groups excluding carboxylic acids is 4. The first-order valence-electron chi connectivity index (χ1n) is 18.2. The number of fused-ring (bicyclic) bond motifs is 1. The van der Waals surface area contributed by atoms with Gasteiger partial charge in [0.2, 0.25) is 11.8 Å². The highest BCUT2D eigenvalue weighted by molar-refractivity contribution is 5.96. The van der Waals surface area contributed by atoms with Crippen LogP contribution in [0, 0.1) is 0 Å². The number of nitrogens with one attached hydrogen (secondary N) is 2. The number of anilines is 1. The first-order valence-corrected chi connectivity index (χ1v) is 18.2. The van der Waals surface area contributed by atoms with Gasteiger partial charge in [-0.2, -0.15) is 0 Å². The maximum atomic E-state index is 14.0. The van der Waals surface area contributed by atoms with Gasteiger partial charge in [-0.3, -0.25) is 24.1 Å². The Balaban J connectivity index is 0.00000523. The molecule has 52 heavy (non-hydrogen) atoms. The zero-order chi connectivity index (χ0) is 36.3. The van der Waals surface area contributed by atoms with Gasteiger partial charge in [0.15, 0.2) is 5.78 Å². The van der Waals surface area contributed by atoms with Crippen LogP contribution in [-0.4, -0.2) is 75.2 Å². The summed E-state index contributed by atoms with van der Waals surface area (Å²) in [6.45, 7) is 11.1. The molecule has 0 radical (unpaired) electrons. The number of likely N-dealkylation sites (tertiary alicyclic amines) is 2. The van der Waals surface area contributed by atoms with E-state index >= 15 is 0 Å². The first-order chi connectivity index (χ1) is 24.4. The van der Waals surface area contributed by atoms with E-state index in [0.717, 1.165) is 64.8 Å². The number of Topliss-reactive ketones (excluding diaryl/α,β-unsaturated/α-hetero) is 1. The predicted molar refractivity (Wildman–Crippen MR) is 207 cm³/mol. The SMILES string of the molecule is C.CC(C)N1CCC[C@H]1C(=O)Nc1ccc(-c2cc3cc(CC(=O)[C@@H]4CCCN4C(=O)[C@H](CC(=O)OC(C)(C)C)c4ccccc4)ccc3[nH]2)cc1. The lowest BCUT2D eigenvalue weighted by molar-refractivity contribution is -0.157. The molecule has 2 amide bonds. The van der Waals surface area contributed by atoms with Crippen molar-refractivity contribution in [3.05, 3.63) is 90.0 Å². The third kappa shape index (κ3) is 8.99. The number of hydrogen-bond acceptors (Lipinski definition) is 6. The summed E-state index contributed by atoms with van der Waals surface area (Å²) in [7, 11) is 0. The van der Waals surface area contributed by atoms with Crippen molar-refractivity contribution in [3.8, 4) is 11.3 Å². The van der Waals surface area contributed by atoms with E-state index in [9.17, 15) is 19.2 Å². The highest BCUT2D eigenvalue weighted by atomic mass is 16.6. The minimum Gasteiger partial charge on any atom is -0.460 e. The van der Waals surface area contributed by atoms with Crippen molar-refractivity contribution in [2.75, 3.05) is 18.4 Å². The maximum absolute atomic E-state index is 14.0. The lowest BCUT2D eigenvalue weighted by Gasteiger charge is -2.29. The summed E-state index contributed by atoms with van der Waals surface area (Å²) in [6, 6.07) is 24.9. The summed E-state index contributed by atoms with van der Waals surface area (Å²) in [4.78, 5) is 61.1. The van der Waals surface area contributed by atoms with Crippen molar-refractivity contribution in [2.24, 2.45) is 0 Å². The Kier molecular flexibility index (Phi) is 12.0. The van der Waals surface area contributed by atoms with Crippen LogP contribution in [0.4, 0.5) is 5.69 Å². The number of amides is 2. The van der Waals surface area contributed by atoms with E-state index in [0.29, 0.717) is 19.0 Å². The zero-order valence-electron chi connectivity index (χ0n) is 30.4. The lowest BCUT2D eigenvalue weighted by Crippen LogP contribution is -2.44. The van der Waals surface area contributed by atoms with Gasteiger partial charge in [0, 0.05) is 41.3 Å². The number of ether oxygens (including phenoxy) is 1. The van der Waals surface area contributed by atoms with Gasteiger partial charge >= 0.3 is 5.97 Å². The standard InChI is InChI=1S/C42H50N4O5.CH4/c1-27(2)45-21-10-14-37(45)40(49)43-32-18-16-30(17-19-32)35-25-31-23-28(15-20-34(31)44-35)24-38(47)36-13-9-22-46(36)41(50)33(29-11-7-6-8-12-29)26-39(48)51-42(3,4)5;/h6-8,11-12,15-20,23,25,27,33,36-37,44H,9-10,13-14,21-22,24,26H2,1-5H3,(H,43,49);1H4/t33-,36+,37+;/m1./s1. The molecule has 0 spiro atoms. The Morgan fingerprint density at radius 2 is 1.58 bits per heavy atom. The number of benzene rings is 3. The number of carbonyl (C=O) groups is 4. The average Bonchev–Trinajstić information content (AvgIpc) is 3.87. The molecule has 3 heterocycles. The topological polar surface area (TPSA) is 112 Å². The van der Waals surface area contributed by atoms with Crippen molar-refractivity contribution < 1.29 is 23.9 Å². The van der Waals surface area contributed by atoms with E-state index in [2.05, 4.69) is 35.1 Å². The molecule has 9 heteroatoms. The molecule has 0 unspecified atom stereocenters. The van der Waals surface area contributed by atoms with E-state index in [1.807, 2.05) is 93.6 Å². The quantitative estimate of drug-likeness (QED) is 0.154. The summed E-state index contributed by atoms with van der Waals surface area (Å²) < 4.78 is 5.57. The molecule has 2 aliphatic rings. The Morgan fingerprint density at radius 3 is 2.27 bits per heavy atom. The summed E-state index contributed by atoms with van der Waals surface area (Å²) in [5.41, 5.74) is 4.62. The van der Waals surface area contributed by atoms with E-state index in [4.69, 9.17) is 4.74 Å². The molecule has 0 aliphatic carbocycles. The molecule has 2 saturated heterocycles. The summed E-state index contributed by atoms with van der Waals surface area (Å²) >= 11 is 0. The van der Waals surface area contributed by atoms with E-state index < -0.39 is 23.5 Å². The highest BCUT2D eigenvalue weighted by Crippen LogP contribution is 2.31. The smallest absolute Gasteiger partial charge is 0.307 e. The summed E-state index contributed by atoms with van der Waals surface area (Å²) in [6.07, 6.45) is 3.37. The third-order valence-corrected chi connectivity index (χ3v) is 9.99. The number of esters is 1. The van der Waals surface area contributed by atoms with Crippen molar-refractivity contribution >= 4 is 40.2 Å². The van der Waals surface area contributed by atoms with Gasteiger partial charge in [0.25, 0.3) is 0 Å². The van der Waals surface area contributed by atoms with Crippen molar-refractivity contribution in [1.29, 1.82) is 0 Å². The van der Waals surface area contributed by atoms with Gasteiger partial charge in [-0.05, 0) is 114 Å². The molecule has 6 rings (SSSR count). The fraction of sp³-hybridized carbons (Fsp3) is 0.442. The number of aromatic nitrogens is 1. The molecule has 2 N–H and O–H groups in total. The molecule has 9 nitrogen and oxygen atoms in total. The third-order valence-electron chi connectivity index (χ3n) is 9.99. The number of H-pyrrole nitrogens is 1. The Labute approximate surface area is 308 Å². The van der Waals surface area contributed by atoms with Crippen molar-refractivity contribution in [2.45, 2.75) is 110 Å². The van der Waals surface area contributed by atoms with Crippen LogP contribution in [0.1, 0.15) is 91.2 Å². The summed E-state index contributed by atoms with van der Waals surface area (Å²) in [5.74, 6) is -1.34. The van der Waals surface area contributed by atoms with E-state index in [1.165, 1.54) is 0 Å². The molecule has 4 aromatic rings. The predicted octanol–water partition coefficient (Wildman–Crippen LogP) is 7.90. The fourth-order valence-corrected chi connectivity index (χ4v) is 7.56. The van der Waals surface area contributed by atoms with Gasteiger partial charge < -0.3 is 19.9 Å². The van der Waals surface area contributed by atoms with Crippen LogP contribution in [0.5, 0.6) is 0 Å². The Hall–Kier alpha value is -4.76. The van der Waals surface area contributed by atoms with E-state index in [-0.39, 0.29) is 43.9 Å². The van der Waals surface area contributed by atoms with Crippen LogP contribution in [0.25, 0.3) is 22.2 Å². The van der Waals surface area contributed by atoms with Crippen LogP contribution >= 0.6 is 0 Å². The van der Waals surface area contributed by atoms with Crippen LogP contribution in [0.2, 0.25) is 0 Å². The molecular weight excluding hydrogens is 652 g/mol. The van der Waals surface area contributed by atoms with Crippen LogP contribution < -0.4 is 5.32 Å². The molecule has 3 atom stereocenters. The molecule has 3 aromatic carbocycles. The number of hydrogen-bond donors (Lipinski definition) is 2. The molecule has 1 aromatic heterocycles. The van der Waals surface area contributed by atoms with Gasteiger partial charge in [0.1, 0.15) is 5.60 Å². The van der Waals surface area contributed by atoms with Gasteiger partial charge in [-0.1, -0.05) is 56.0 Å². The second kappa shape index (κ2) is 16.3. The minimum atomic E-state index is -0.725. The van der Waals surface area contributed by atoms with Gasteiger partial charge in [0.05, 0.1) is 24.4 Å². The number of aromatic amines is 1. The fourth-order valence-electron chi connectivity index (χ4n) is 7.56. The minimum absolute atomic E-state index is 0. The zero-order valence-corrected chi connectivity index (χ0v) is 30.4. The van der Waals surface area contributed by atoms with Crippen molar-refractivity contribution in [3.63, 3.8) is 0 Å². The number of nitrogens with zero attached hydrogens (tertiary/aromatic N) is 2. The Bertz CT molecular complexity index is 1870. The van der Waals surface area contributed by atoms with E-state index in [1.54, 1.807) is 4.90 Å². The maximum Gasteiger partial charge on any atom is 0.307 e. The molecule has 2 fully saturated rings. The molecule has 0 bridgehead atoms. The van der Waals surface area contributed by atoms with Crippen LogP contribution in [0.3, 0.4) is 0 Å².